The third-order valence-corrected chi connectivity index (χ3v) is 4.72. The molecule has 0 spiro atoms. The summed E-state index contributed by atoms with van der Waals surface area (Å²) in [6.07, 6.45) is 4.17. The Kier molecular flexibility index (Phi) is 9.48. The van der Waals surface area contributed by atoms with Crippen LogP contribution in [0.25, 0.3) is 0 Å². The average Bonchev–Trinajstić information content (AvgIpc) is 3.24. The molecule has 0 aliphatic carbocycles. The van der Waals surface area contributed by atoms with E-state index in [0.717, 1.165) is 32.6 Å². The number of nitrogens with zero attached hydrogens (tertiary/aromatic N) is 4. The number of hydrogen-bond donors (Lipinski definition) is 2. The third-order valence-electron chi connectivity index (χ3n) is 4.72. The molecule has 0 unspecified atom stereocenters. The van der Waals surface area contributed by atoms with Gasteiger partial charge in [0.25, 0.3) is 5.91 Å². The quantitative estimate of drug-likeness (QED) is 0.688. The Bertz CT molecular complexity index is 591. The second-order valence-electron chi connectivity index (χ2n) is 6.66. The fourth-order valence-electron chi connectivity index (χ4n) is 3.10. The van der Waals surface area contributed by atoms with Crippen molar-refractivity contribution < 1.29 is 14.3 Å². The number of carbonyl (C=O) groups is 2. The second kappa shape index (κ2) is 10.8. The summed E-state index contributed by atoms with van der Waals surface area (Å²) in [5.74, 6) is -0.153. The predicted molar refractivity (Wildman–Crippen MR) is 106 cm³/mol. The third kappa shape index (κ3) is 6.32. The van der Waals surface area contributed by atoms with Crippen LogP contribution in [0, 0.1) is 0 Å². The van der Waals surface area contributed by atoms with E-state index in [0.29, 0.717) is 18.7 Å². The molecule has 0 saturated carbocycles. The van der Waals surface area contributed by atoms with E-state index in [1.54, 1.807) is 17.1 Å². The standard InChI is InChI=1S/C16H26N6O3.2ClH/c1-20-4-6-21(7-5-20)15(23)11-22-10-12(9-18-22)19-16(24)14-3-2-13(8-17)25-14;;/h9-10,13-14H,2-8,11,17H2,1H3,(H,19,24);2*1H/t13-,14+;;/m1../s1. The highest BCUT2D eigenvalue weighted by molar-refractivity contribution is 5.94. The fourth-order valence-corrected chi connectivity index (χ4v) is 3.10. The summed E-state index contributed by atoms with van der Waals surface area (Å²) < 4.78 is 7.12. The largest absolute Gasteiger partial charge is 0.364 e. The van der Waals surface area contributed by atoms with Gasteiger partial charge in [0.15, 0.2) is 0 Å². The molecule has 3 N–H and O–H groups in total. The van der Waals surface area contributed by atoms with Crippen LogP contribution in [0.5, 0.6) is 0 Å². The fraction of sp³-hybridized carbons (Fsp3) is 0.688. The van der Waals surface area contributed by atoms with E-state index in [2.05, 4.69) is 15.3 Å². The molecule has 3 rings (SSSR count). The number of nitrogens with one attached hydrogen (secondary N) is 1. The van der Waals surface area contributed by atoms with Gasteiger partial charge in [0.2, 0.25) is 5.91 Å². The van der Waals surface area contributed by atoms with E-state index in [1.165, 1.54) is 0 Å². The monoisotopic (exact) mass is 422 g/mol. The van der Waals surface area contributed by atoms with E-state index in [9.17, 15) is 9.59 Å². The van der Waals surface area contributed by atoms with Gasteiger partial charge in [0.05, 0.1) is 18.0 Å². The number of ether oxygens (including phenoxy) is 1. The van der Waals surface area contributed by atoms with Crippen LogP contribution >= 0.6 is 24.8 Å². The minimum Gasteiger partial charge on any atom is -0.364 e. The van der Waals surface area contributed by atoms with Crippen LogP contribution in [0.15, 0.2) is 12.4 Å². The molecular weight excluding hydrogens is 395 g/mol. The highest BCUT2D eigenvalue weighted by atomic mass is 35.5. The minimum absolute atomic E-state index is 0. The van der Waals surface area contributed by atoms with Gasteiger partial charge in [-0.05, 0) is 19.9 Å². The molecule has 27 heavy (non-hydrogen) atoms. The number of amides is 2. The Morgan fingerprint density at radius 3 is 2.59 bits per heavy atom. The van der Waals surface area contributed by atoms with Gasteiger partial charge < -0.3 is 25.6 Å². The molecule has 2 fully saturated rings. The molecule has 2 aliphatic rings. The van der Waals surface area contributed by atoms with Crippen LogP contribution in [-0.4, -0.2) is 83.4 Å². The Morgan fingerprint density at radius 1 is 1.26 bits per heavy atom. The van der Waals surface area contributed by atoms with Crippen molar-refractivity contribution >= 4 is 42.3 Å². The molecule has 9 nitrogen and oxygen atoms in total. The first-order valence-electron chi connectivity index (χ1n) is 8.70. The molecule has 1 aromatic rings. The number of aromatic nitrogens is 2. The molecule has 154 valence electrons. The molecule has 0 radical (unpaired) electrons. The summed E-state index contributed by atoms with van der Waals surface area (Å²) in [6, 6.07) is 0. The SMILES string of the molecule is CN1CCN(C(=O)Cn2cc(NC(=O)[C@@H]3CC[C@H](CN)O3)cn2)CC1.Cl.Cl. The number of rotatable bonds is 5. The van der Waals surface area contributed by atoms with Gasteiger partial charge in [-0.25, -0.2) is 0 Å². The van der Waals surface area contributed by atoms with E-state index >= 15 is 0 Å². The van der Waals surface area contributed by atoms with Gasteiger partial charge in [-0.1, -0.05) is 0 Å². The Labute approximate surface area is 171 Å². The van der Waals surface area contributed by atoms with E-state index in [1.807, 2.05) is 11.9 Å². The van der Waals surface area contributed by atoms with Crippen molar-refractivity contribution in [2.75, 3.05) is 45.1 Å². The smallest absolute Gasteiger partial charge is 0.253 e. The van der Waals surface area contributed by atoms with Crippen molar-refractivity contribution in [1.82, 2.24) is 19.6 Å². The second-order valence-corrected chi connectivity index (χ2v) is 6.66. The van der Waals surface area contributed by atoms with Gasteiger partial charge in [0, 0.05) is 38.9 Å². The lowest BCUT2D eigenvalue weighted by Crippen LogP contribution is -2.48. The molecule has 1 aromatic heterocycles. The maximum absolute atomic E-state index is 12.3. The Morgan fingerprint density at radius 2 is 1.96 bits per heavy atom. The Hall–Kier alpha value is -1.39. The van der Waals surface area contributed by atoms with Gasteiger partial charge in [0.1, 0.15) is 12.6 Å². The lowest BCUT2D eigenvalue weighted by Gasteiger charge is -2.32. The van der Waals surface area contributed by atoms with E-state index in [-0.39, 0.29) is 49.3 Å². The zero-order valence-corrected chi connectivity index (χ0v) is 17.0. The summed E-state index contributed by atoms with van der Waals surface area (Å²) >= 11 is 0. The van der Waals surface area contributed by atoms with Crippen molar-refractivity contribution in [2.24, 2.45) is 5.73 Å². The zero-order valence-electron chi connectivity index (χ0n) is 15.4. The van der Waals surface area contributed by atoms with Gasteiger partial charge in [-0.2, -0.15) is 5.10 Å². The van der Waals surface area contributed by atoms with Crippen LogP contribution < -0.4 is 11.1 Å². The Balaban J connectivity index is 0.00000182. The topological polar surface area (TPSA) is 106 Å². The molecule has 0 aromatic carbocycles. The molecule has 0 bridgehead atoms. The first-order chi connectivity index (χ1) is 12.0. The molecule has 2 saturated heterocycles. The lowest BCUT2D eigenvalue weighted by molar-refractivity contribution is -0.133. The molecule has 3 heterocycles. The zero-order chi connectivity index (χ0) is 17.8. The average molecular weight is 423 g/mol. The van der Waals surface area contributed by atoms with Crippen molar-refractivity contribution in [1.29, 1.82) is 0 Å². The van der Waals surface area contributed by atoms with E-state index < -0.39 is 6.10 Å². The lowest BCUT2D eigenvalue weighted by atomic mass is 10.2. The molecule has 2 atom stereocenters. The first-order valence-corrected chi connectivity index (χ1v) is 8.70. The highest BCUT2D eigenvalue weighted by Crippen LogP contribution is 2.20. The number of likely N-dealkylation sites (N-methyl/N-ethyl adjacent to an activating group) is 1. The van der Waals surface area contributed by atoms with Crippen molar-refractivity contribution in [3.63, 3.8) is 0 Å². The molecule has 2 amide bonds. The van der Waals surface area contributed by atoms with Crippen LogP contribution in [0.1, 0.15) is 12.8 Å². The number of halogens is 2. The number of piperazine rings is 1. The number of hydrogen-bond acceptors (Lipinski definition) is 6. The highest BCUT2D eigenvalue weighted by Gasteiger charge is 2.30. The molecule has 2 aliphatic heterocycles. The molecular formula is C16H28Cl2N6O3. The minimum atomic E-state index is -0.469. The van der Waals surface area contributed by atoms with Crippen molar-refractivity contribution in [3.05, 3.63) is 12.4 Å². The summed E-state index contributed by atoms with van der Waals surface area (Å²) in [5.41, 5.74) is 6.12. The normalized spacial score (nSPS) is 22.7. The van der Waals surface area contributed by atoms with Gasteiger partial charge in [-0.3, -0.25) is 14.3 Å². The summed E-state index contributed by atoms with van der Waals surface area (Å²) in [5, 5.41) is 6.95. The number of carbonyl (C=O) groups excluding carboxylic acids is 2. The summed E-state index contributed by atoms with van der Waals surface area (Å²) in [6.45, 7) is 3.85. The summed E-state index contributed by atoms with van der Waals surface area (Å²) in [4.78, 5) is 28.5. The number of nitrogens with two attached hydrogens (primary N) is 1. The first kappa shape index (κ1) is 23.6. The van der Waals surface area contributed by atoms with Crippen LogP contribution in [0.4, 0.5) is 5.69 Å². The number of anilines is 1. The van der Waals surface area contributed by atoms with Crippen LogP contribution in [0.3, 0.4) is 0 Å². The summed E-state index contributed by atoms with van der Waals surface area (Å²) in [7, 11) is 2.05. The van der Waals surface area contributed by atoms with Crippen LogP contribution in [0.2, 0.25) is 0 Å². The molecule has 11 heteroatoms. The van der Waals surface area contributed by atoms with Crippen molar-refractivity contribution in [3.8, 4) is 0 Å². The van der Waals surface area contributed by atoms with Crippen molar-refractivity contribution in [2.45, 2.75) is 31.6 Å². The maximum Gasteiger partial charge on any atom is 0.253 e. The van der Waals surface area contributed by atoms with Gasteiger partial charge >= 0.3 is 0 Å². The van der Waals surface area contributed by atoms with Crippen LogP contribution in [-0.2, 0) is 20.9 Å². The van der Waals surface area contributed by atoms with Gasteiger partial charge in [-0.15, -0.1) is 24.8 Å². The van der Waals surface area contributed by atoms with E-state index in [4.69, 9.17) is 10.5 Å². The predicted octanol–water partition coefficient (Wildman–Crippen LogP) is -0.0545. The maximum atomic E-state index is 12.3.